The molecule has 0 aliphatic carbocycles. The van der Waals surface area contributed by atoms with Crippen molar-refractivity contribution < 1.29 is 9.90 Å². The van der Waals surface area contributed by atoms with Crippen molar-refractivity contribution >= 4 is 5.97 Å². The average molecular weight is 575 g/mol. The van der Waals surface area contributed by atoms with E-state index in [2.05, 4.69) is 57.2 Å². The molecule has 0 bridgehead atoms. The molecule has 0 aromatic heterocycles. The predicted molar refractivity (Wildman–Crippen MR) is 186 cm³/mol. The van der Waals surface area contributed by atoms with Crippen LogP contribution in [0.2, 0.25) is 0 Å². The Morgan fingerprint density at radius 2 is 0.683 bits per heavy atom. The highest BCUT2D eigenvalue weighted by Gasteiger charge is 1.96. The van der Waals surface area contributed by atoms with E-state index in [4.69, 9.17) is 5.11 Å². The molecule has 0 rings (SSSR count). The molecule has 0 atom stereocenters. The normalized spacial score (nSPS) is 11.6. The van der Waals surface area contributed by atoms with Crippen LogP contribution in [0.1, 0.15) is 207 Å². The molecular formula is C39H74O2. The van der Waals surface area contributed by atoms with Gasteiger partial charge in [0.2, 0.25) is 0 Å². The largest absolute Gasteiger partial charge is 0.481 e. The van der Waals surface area contributed by atoms with Crippen molar-refractivity contribution in [3.8, 4) is 0 Å². The molecule has 0 amide bonds. The molecule has 0 aliphatic heterocycles. The lowest BCUT2D eigenvalue weighted by atomic mass is 10.0. The van der Waals surface area contributed by atoms with E-state index in [1.165, 1.54) is 154 Å². The van der Waals surface area contributed by atoms with E-state index in [1.807, 2.05) is 0 Å². The number of carbonyl (C=O) groups is 1. The number of aliphatic carboxylic acids is 1. The summed E-state index contributed by atoms with van der Waals surface area (Å²) in [6.07, 6.45) is 51.2. The monoisotopic (exact) mass is 575 g/mol. The number of carboxylic acids is 1. The van der Waals surface area contributed by atoms with E-state index in [0.29, 0.717) is 6.42 Å². The van der Waals surface area contributed by atoms with E-state index in [9.17, 15) is 4.79 Å². The van der Waals surface area contributed by atoms with E-state index in [1.54, 1.807) is 0 Å². The summed E-state index contributed by atoms with van der Waals surface area (Å²) in [5.74, 6) is -0.677. The number of carboxylic acid groups (broad SMARTS) is 1. The molecule has 1 N–H and O–H groups in total. The lowest BCUT2D eigenvalue weighted by molar-refractivity contribution is -0.137. The maximum atomic E-state index is 10.3. The van der Waals surface area contributed by atoms with E-state index in [-0.39, 0.29) is 0 Å². The van der Waals surface area contributed by atoms with Gasteiger partial charge in [0.1, 0.15) is 0 Å². The van der Waals surface area contributed by atoms with Crippen LogP contribution >= 0.6 is 0 Å². The SMILES string of the molecule is CCCCC=CC=CC=CCCCCCCCC(=O)O.CCCCCCCCCCCCCCCCCCCCC. The zero-order valence-corrected chi connectivity index (χ0v) is 28.3. The fourth-order valence-electron chi connectivity index (χ4n) is 5.02. The fourth-order valence-corrected chi connectivity index (χ4v) is 5.02. The summed E-state index contributed by atoms with van der Waals surface area (Å²) in [5.41, 5.74) is 0. The first-order chi connectivity index (χ1) is 20.2. The number of hydrogen-bond acceptors (Lipinski definition) is 1. The van der Waals surface area contributed by atoms with Crippen molar-refractivity contribution in [3.63, 3.8) is 0 Å². The van der Waals surface area contributed by atoms with Crippen molar-refractivity contribution in [1.82, 2.24) is 0 Å². The number of allylic oxidation sites excluding steroid dienone is 6. The Balaban J connectivity index is 0. The molecule has 0 spiro atoms. The van der Waals surface area contributed by atoms with Crippen LogP contribution in [0.5, 0.6) is 0 Å². The molecule has 242 valence electrons. The second-order valence-corrected chi connectivity index (χ2v) is 12.1. The first-order valence-electron chi connectivity index (χ1n) is 18.4. The minimum atomic E-state index is -0.677. The molecular weight excluding hydrogens is 500 g/mol. The maximum Gasteiger partial charge on any atom is 0.303 e. The third-order valence-electron chi connectivity index (χ3n) is 7.80. The minimum Gasteiger partial charge on any atom is -0.481 e. The third kappa shape index (κ3) is 45.9. The molecule has 0 heterocycles. The van der Waals surface area contributed by atoms with Crippen molar-refractivity contribution in [3.05, 3.63) is 36.5 Å². The summed E-state index contributed by atoms with van der Waals surface area (Å²) >= 11 is 0. The Morgan fingerprint density at radius 1 is 0.390 bits per heavy atom. The van der Waals surface area contributed by atoms with Gasteiger partial charge in [0.25, 0.3) is 0 Å². The van der Waals surface area contributed by atoms with Crippen molar-refractivity contribution in [2.75, 3.05) is 0 Å². The quantitative estimate of drug-likeness (QED) is 0.0660. The number of rotatable bonds is 31. The van der Waals surface area contributed by atoms with Crippen LogP contribution in [0.15, 0.2) is 36.5 Å². The molecule has 0 saturated carbocycles. The smallest absolute Gasteiger partial charge is 0.303 e. The Labute approximate surface area is 258 Å². The van der Waals surface area contributed by atoms with Gasteiger partial charge < -0.3 is 5.11 Å². The minimum absolute atomic E-state index is 0.316. The highest BCUT2D eigenvalue weighted by Crippen LogP contribution is 2.14. The molecule has 2 nitrogen and oxygen atoms in total. The van der Waals surface area contributed by atoms with Gasteiger partial charge >= 0.3 is 5.97 Å². The van der Waals surface area contributed by atoms with Crippen molar-refractivity contribution in [2.24, 2.45) is 0 Å². The number of hydrogen-bond donors (Lipinski definition) is 1. The lowest BCUT2D eigenvalue weighted by Gasteiger charge is -2.03. The molecule has 0 radical (unpaired) electrons. The van der Waals surface area contributed by atoms with E-state index in [0.717, 1.165) is 25.7 Å². The zero-order chi connectivity index (χ0) is 30.3. The van der Waals surface area contributed by atoms with Crippen molar-refractivity contribution in [2.45, 2.75) is 207 Å². The molecule has 0 aromatic rings. The first-order valence-corrected chi connectivity index (χ1v) is 18.4. The van der Waals surface area contributed by atoms with Gasteiger partial charge in [-0.2, -0.15) is 0 Å². The van der Waals surface area contributed by atoms with Gasteiger partial charge in [0.05, 0.1) is 0 Å². The number of unbranched alkanes of at least 4 members (excludes halogenated alkanes) is 25. The Morgan fingerprint density at radius 3 is 1.02 bits per heavy atom. The van der Waals surface area contributed by atoms with Gasteiger partial charge in [0.15, 0.2) is 0 Å². The summed E-state index contributed by atoms with van der Waals surface area (Å²) in [5, 5.41) is 8.50. The Bertz CT molecular complexity index is 542. The van der Waals surface area contributed by atoms with Crippen LogP contribution in [0.3, 0.4) is 0 Å². The fraction of sp³-hybridized carbons (Fsp3) is 0.821. The molecule has 0 aliphatic rings. The zero-order valence-electron chi connectivity index (χ0n) is 28.3. The van der Waals surface area contributed by atoms with Gasteiger partial charge in [-0.05, 0) is 25.7 Å². The highest BCUT2D eigenvalue weighted by molar-refractivity contribution is 5.66. The van der Waals surface area contributed by atoms with Gasteiger partial charge in [-0.1, -0.05) is 211 Å². The summed E-state index contributed by atoms with van der Waals surface area (Å²) in [6, 6.07) is 0. The molecule has 0 fully saturated rings. The third-order valence-corrected chi connectivity index (χ3v) is 7.80. The van der Waals surface area contributed by atoms with E-state index >= 15 is 0 Å². The van der Waals surface area contributed by atoms with Crippen LogP contribution in [0, 0.1) is 0 Å². The molecule has 41 heavy (non-hydrogen) atoms. The highest BCUT2D eigenvalue weighted by atomic mass is 16.4. The van der Waals surface area contributed by atoms with Gasteiger partial charge in [-0.25, -0.2) is 0 Å². The summed E-state index contributed by atoms with van der Waals surface area (Å²) in [6.45, 7) is 6.80. The van der Waals surface area contributed by atoms with Crippen LogP contribution in [0.4, 0.5) is 0 Å². The summed E-state index contributed by atoms with van der Waals surface area (Å²) in [7, 11) is 0. The van der Waals surface area contributed by atoms with Crippen LogP contribution < -0.4 is 0 Å². The van der Waals surface area contributed by atoms with Crippen LogP contribution in [-0.2, 0) is 4.79 Å². The first kappa shape index (κ1) is 41.8. The van der Waals surface area contributed by atoms with Crippen LogP contribution in [-0.4, -0.2) is 11.1 Å². The Kier molecular flexibility index (Phi) is 41.6. The van der Waals surface area contributed by atoms with Gasteiger partial charge in [0, 0.05) is 6.42 Å². The molecule has 0 aromatic carbocycles. The average Bonchev–Trinajstić information content (AvgIpc) is 2.97. The molecule has 0 unspecified atom stereocenters. The molecule has 2 heteroatoms. The van der Waals surface area contributed by atoms with Crippen molar-refractivity contribution in [1.29, 1.82) is 0 Å². The maximum absolute atomic E-state index is 10.3. The predicted octanol–water partition coefficient (Wildman–Crippen LogP) is 14.1. The standard InChI is InChI=1S/C21H44.C18H30O2/c1-3-5-7-9-11-13-15-17-19-21-20-18-16-14-12-10-8-6-4-2;1-2-3-4-5-6-7-8-9-10-11-12-13-14-15-16-17-18(19)20/h3-21H2,1-2H3;5-10H,2-4,11-17H2,1H3,(H,19,20). The second-order valence-electron chi connectivity index (χ2n) is 12.1. The van der Waals surface area contributed by atoms with Gasteiger partial charge in [-0.15, -0.1) is 0 Å². The lowest BCUT2D eigenvalue weighted by Crippen LogP contribution is -1.93. The van der Waals surface area contributed by atoms with E-state index < -0.39 is 5.97 Å². The summed E-state index contributed by atoms with van der Waals surface area (Å²) < 4.78 is 0. The Hall–Kier alpha value is -1.31. The van der Waals surface area contributed by atoms with Crippen LogP contribution in [0.25, 0.3) is 0 Å². The molecule has 0 saturated heterocycles. The van der Waals surface area contributed by atoms with Gasteiger partial charge in [-0.3, -0.25) is 4.79 Å². The topological polar surface area (TPSA) is 37.3 Å². The summed E-state index contributed by atoms with van der Waals surface area (Å²) in [4.78, 5) is 10.3. The second kappa shape index (κ2) is 40.8.